The summed E-state index contributed by atoms with van der Waals surface area (Å²) in [6.45, 7) is 2.00. The first-order valence-electron chi connectivity index (χ1n) is 5.69. The molecule has 3 heteroatoms. The van der Waals surface area contributed by atoms with Gasteiger partial charge in [0.2, 0.25) is 0 Å². The van der Waals surface area contributed by atoms with E-state index in [0.717, 1.165) is 5.69 Å². The van der Waals surface area contributed by atoms with Crippen molar-refractivity contribution in [1.29, 1.82) is 0 Å². The van der Waals surface area contributed by atoms with Gasteiger partial charge in [-0.1, -0.05) is 19.3 Å². The molecule has 0 spiro atoms. The molecule has 2 rings (SSSR count). The van der Waals surface area contributed by atoms with Gasteiger partial charge in [0.15, 0.2) is 0 Å². The third-order valence-electron chi connectivity index (χ3n) is 3.06. The van der Waals surface area contributed by atoms with Gasteiger partial charge in [0.05, 0.1) is 12.8 Å². The normalized spacial score (nSPS) is 17.7. The minimum absolute atomic E-state index is 0.510. The maximum atomic E-state index is 5.10. The van der Waals surface area contributed by atoms with Crippen LogP contribution in [0.25, 0.3) is 0 Å². The highest BCUT2D eigenvalue weighted by atomic mass is 16.5. The average Bonchev–Trinajstić information content (AvgIpc) is 2.29. The van der Waals surface area contributed by atoms with Crippen LogP contribution in [0, 0.1) is 6.92 Å². The molecule has 0 amide bonds. The van der Waals surface area contributed by atoms with Crippen molar-refractivity contribution < 1.29 is 4.74 Å². The van der Waals surface area contributed by atoms with Crippen molar-refractivity contribution in [3.05, 3.63) is 17.5 Å². The van der Waals surface area contributed by atoms with Gasteiger partial charge in [-0.15, -0.1) is 0 Å². The fourth-order valence-electron chi connectivity index (χ4n) is 2.26. The number of rotatable bonds is 2. The largest absolute Gasteiger partial charge is 0.467 e. The Kier molecular flexibility index (Phi) is 3.19. The van der Waals surface area contributed by atoms with Gasteiger partial charge < -0.3 is 4.74 Å². The molecule has 1 aromatic rings. The van der Waals surface area contributed by atoms with Gasteiger partial charge in [0.25, 0.3) is 0 Å². The van der Waals surface area contributed by atoms with E-state index in [4.69, 9.17) is 4.74 Å². The smallest absolute Gasteiger partial charge is 0.316 e. The standard InChI is InChI=1S/C12H18N2O/c1-9-8-11(14-12(13-9)15-2)10-6-4-3-5-7-10/h8,10H,3-7H2,1-2H3. The molecule has 0 radical (unpaired) electrons. The van der Waals surface area contributed by atoms with Crippen LogP contribution in [0.4, 0.5) is 0 Å². The maximum absolute atomic E-state index is 5.10. The molecule has 1 aliphatic rings. The summed E-state index contributed by atoms with van der Waals surface area (Å²) in [6.07, 6.45) is 6.56. The third-order valence-corrected chi connectivity index (χ3v) is 3.06. The van der Waals surface area contributed by atoms with E-state index >= 15 is 0 Å². The van der Waals surface area contributed by atoms with Crippen molar-refractivity contribution in [2.75, 3.05) is 7.11 Å². The highest BCUT2D eigenvalue weighted by Crippen LogP contribution is 2.32. The number of aryl methyl sites for hydroxylation is 1. The van der Waals surface area contributed by atoms with Crippen LogP contribution in [0.5, 0.6) is 6.01 Å². The van der Waals surface area contributed by atoms with Crippen molar-refractivity contribution in [1.82, 2.24) is 9.97 Å². The number of aromatic nitrogens is 2. The molecule has 3 nitrogen and oxygen atoms in total. The van der Waals surface area contributed by atoms with E-state index in [1.165, 1.54) is 37.8 Å². The van der Waals surface area contributed by atoms with Crippen molar-refractivity contribution in [3.63, 3.8) is 0 Å². The second-order valence-corrected chi connectivity index (χ2v) is 4.26. The highest BCUT2D eigenvalue weighted by molar-refractivity contribution is 5.16. The van der Waals surface area contributed by atoms with Gasteiger partial charge in [0, 0.05) is 11.6 Å². The zero-order valence-corrected chi connectivity index (χ0v) is 9.49. The molecule has 0 aromatic carbocycles. The van der Waals surface area contributed by atoms with Crippen LogP contribution in [-0.4, -0.2) is 17.1 Å². The van der Waals surface area contributed by atoms with Crippen LogP contribution in [0.3, 0.4) is 0 Å². The van der Waals surface area contributed by atoms with Crippen molar-refractivity contribution in [2.45, 2.75) is 44.9 Å². The summed E-state index contributed by atoms with van der Waals surface area (Å²) in [7, 11) is 1.62. The Labute approximate surface area is 90.9 Å². The second kappa shape index (κ2) is 4.60. The Hall–Kier alpha value is -1.12. The third kappa shape index (κ3) is 2.46. The SMILES string of the molecule is COc1nc(C)cc(C2CCCCC2)n1. The molecule has 0 saturated heterocycles. The summed E-state index contributed by atoms with van der Waals surface area (Å²) in [5.41, 5.74) is 2.17. The Bertz CT molecular complexity index is 332. The minimum atomic E-state index is 0.510. The van der Waals surface area contributed by atoms with Gasteiger partial charge in [-0.25, -0.2) is 4.98 Å². The Morgan fingerprint density at radius 2 is 1.93 bits per heavy atom. The van der Waals surface area contributed by atoms with Gasteiger partial charge in [-0.2, -0.15) is 4.98 Å². The van der Waals surface area contributed by atoms with Gasteiger partial charge >= 0.3 is 6.01 Å². The lowest BCUT2D eigenvalue weighted by atomic mass is 9.87. The molecule has 1 fully saturated rings. The molecular weight excluding hydrogens is 188 g/mol. The summed E-state index contributed by atoms with van der Waals surface area (Å²) in [5, 5.41) is 0. The zero-order valence-electron chi connectivity index (χ0n) is 9.49. The van der Waals surface area contributed by atoms with Gasteiger partial charge in [-0.05, 0) is 25.8 Å². The quantitative estimate of drug-likeness (QED) is 0.746. The molecule has 0 aliphatic heterocycles. The zero-order chi connectivity index (χ0) is 10.7. The monoisotopic (exact) mass is 206 g/mol. The number of hydrogen-bond donors (Lipinski definition) is 0. The summed E-state index contributed by atoms with van der Waals surface area (Å²) < 4.78 is 5.10. The lowest BCUT2D eigenvalue weighted by molar-refractivity contribution is 0.369. The first-order valence-corrected chi connectivity index (χ1v) is 5.69. The molecule has 0 atom stereocenters. The van der Waals surface area contributed by atoms with E-state index in [-0.39, 0.29) is 0 Å². The fourth-order valence-corrected chi connectivity index (χ4v) is 2.26. The van der Waals surface area contributed by atoms with Crippen molar-refractivity contribution in [2.24, 2.45) is 0 Å². The molecule has 82 valence electrons. The predicted molar refractivity (Wildman–Crippen MR) is 59.1 cm³/mol. The summed E-state index contributed by atoms with van der Waals surface area (Å²) in [5.74, 6) is 0.620. The fraction of sp³-hybridized carbons (Fsp3) is 0.667. The lowest BCUT2D eigenvalue weighted by Gasteiger charge is -2.21. The molecule has 1 saturated carbocycles. The van der Waals surface area contributed by atoms with Crippen molar-refractivity contribution in [3.8, 4) is 6.01 Å². The molecule has 1 heterocycles. The minimum Gasteiger partial charge on any atom is -0.467 e. The second-order valence-electron chi connectivity index (χ2n) is 4.26. The summed E-state index contributed by atoms with van der Waals surface area (Å²) in [4.78, 5) is 8.66. The van der Waals surface area contributed by atoms with E-state index in [0.29, 0.717) is 11.9 Å². The first kappa shape index (κ1) is 10.4. The van der Waals surface area contributed by atoms with Gasteiger partial charge in [-0.3, -0.25) is 0 Å². The lowest BCUT2D eigenvalue weighted by Crippen LogP contribution is -2.08. The van der Waals surface area contributed by atoms with E-state index < -0.39 is 0 Å². The summed E-state index contributed by atoms with van der Waals surface area (Å²) in [6, 6.07) is 2.61. The van der Waals surface area contributed by atoms with Crippen LogP contribution in [0.2, 0.25) is 0 Å². The molecule has 1 aliphatic carbocycles. The average molecular weight is 206 g/mol. The predicted octanol–water partition coefficient (Wildman–Crippen LogP) is 2.84. The van der Waals surface area contributed by atoms with E-state index in [2.05, 4.69) is 16.0 Å². The molecule has 0 bridgehead atoms. The van der Waals surface area contributed by atoms with Crippen LogP contribution >= 0.6 is 0 Å². The van der Waals surface area contributed by atoms with E-state index in [1.54, 1.807) is 7.11 Å². The molecule has 0 N–H and O–H groups in total. The van der Waals surface area contributed by atoms with E-state index in [9.17, 15) is 0 Å². The van der Waals surface area contributed by atoms with Crippen LogP contribution < -0.4 is 4.74 Å². The van der Waals surface area contributed by atoms with Crippen LogP contribution in [0.1, 0.15) is 49.4 Å². The van der Waals surface area contributed by atoms with Crippen LogP contribution in [0.15, 0.2) is 6.07 Å². The topological polar surface area (TPSA) is 35.0 Å². The van der Waals surface area contributed by atoms with Crippen LogP contribution in [-0.2, 0) is 0 Å². The number of hydrogen-bond acceptors (Lipinski definition) is 3. The Morgan fingerprint density at radius 3 is 2.60 bits per heavy atom. The first-order chi connectivity index (χ1) is 7.29. The summed E-state index contributed by atoms with van der Waals surface area (Å²) >= 11 is 0. The number of ether oxygens (including phenoxy) is 1. The number of nitrogens with zero attached hydrogens (tertiary/aromatic N) is 2. The highest BCUT2D eigenvalue weighted by Gasteiger charge is 2.17. The van der Waals surface area contributed by atoms with E-state index in [1.807, 2.05) is 6.92 Å². The molecule has 15 heavy (non-hydrogen) atoms. The Balaban J connectivity index is 2.22. The van der Waals surface area contributed by atoms with Crippen molar-refractivity contribution >= 4 is 0 Å². The number of methoxy groups -OCH3 is 1. The maximum Gasteiger partial charge on any atom is 0.316 e. The van der Waals surface area contributed by atoms with Gasteiger partial charge in [0.1, 0.15) is 0 Å². The molecule has 0 unspecified atom stereocenters. The molecule has 1 aromatic heterocycles. The Morgan fingerprint density at radius 1 is 1.20 bits per heavy atom. The molecular formula is C12H18N2O.